The number of nitrogens with one attached hydrogen (secondary N) is 1. The molecule has 0 heterocycles. The molecule has 0 aliphatic carbocycles. The third-order valence-electron chi connectivity index (χ3n) is 2.62. The number of hydrogen-bond donors (Lipinski definition) is 2. The molecule has 2 atom stereocenters. The van der Waals surface area contributed by atoms with Gasteiger partial charge in [-0.15, -0.1) is 0 Å². The SMILES string of the molecule is CC[C@@H](C[C@@H](Br)C(=O)O)NC(=O)c1ccccc1. The van der Waals surface area contributed by atoms with Gasteiger partial charge in [0.2, 0.25) is 0 Å². The van der Waals surface area contributed by atoms with Gasteiger partial charge in [0.25, 0.3) is 5.91 Å². The largest absolute Gasteiger partial charge is 0.480 e. The molecule has 0 aliphatic heterocycles. The number of alkyl halides is 1. The van der Waals surface area contributed by atoms with E-state index in [0.717, 1.165) is 0 Å². The fraction of sp³-hybridized carbons (Fsp3) is 0.385. The minimum absolute atomic E-state index is 0.154. The van der Waals surface area contributed by atoms with E-state index < -0.39 is 10.8 Å². The highest BCUT2D eigenvalue weighted by molar-refractivity contribution is 9.10. The Hall–Kier alpha value is -1.36. The van der Waals surface area contributed by atoms with Crippen molar-refractivity contribution in [3.8, 4) is 0 Å². The first-order valence-corrected chi connectivity index (χ1v) is 6.69. The lowest BCUT2D eigenvalue weighted by Crippen LogP contribution is -2.37. The molecule has 0 radical (unpaired) electrons. The summed E-state index contributed by atoms with van der Waals surface area (Å²) in [6, 6.07) is 8.72. The van der Waals surface area contributed by atoms with Gasteiger partial charge >= 0.3 is 5.97 Å². The van der Waals surface area contributed by atoms with Crippen molar-refractivity contribution in [1.29, 1.82) is 0 Å². The van der Waals surface area contributed by atoms with Gasteiger partial charge < -0.3 is 10.4 Å². The van der Waals surface area contributed by atoms with E-state index in [1.165, 1.54) is 0 Å². The second kappa shape index (κ2) is 7.16. The first-order chi connectivity index (χ1) is 8.54. The van der Waals surface area contributed by atoms with Gasteiger partial charge in [0.1, 0.15) is 4.83 Å². The van der Waals surface area contributed by atoms with Crippen LogP contribution in [0, 0.1) is 0 Å². The molecule has 1 aromatic carbocycles. The molecule has 0 saturated carbocycles. The number of aliphatic carboxylic acids is 1. The molecule has 0 saturated heterocycles. The molecule has 1 amide bonds. The molecule has 4 nitrogen and oxygen atoms in total. The maximum Gasteiger partial charge on any atom is 0.317 e. The van der Waals surface area contributed by atoms with Crippen LogP contribution in [0.3, 0.4) is 0 Å². The van der Waals surface area contributed by atoms with E-state index in [1.54, 1.807) is 24.3 Å². The van der Waals surface area contributed by atoms with Gasteiger partial charge in [-0.05, 0) is 25.0 Å². The molecule has 0 unspecified atom stereocenters. The molecule has 1 rings (SSSR count). The Kier molecular flexibility index (Phi) is 5.85. The minimum Gasteiger partial charge on any atom is -0.480 e. The van der Waals surface area contributed by atoms with Crippen molar-refractivity contribution in [2.75, 3.05) is 0 Å². The summed E-state index contributed by atoms with van der Waals surface area (Å²) in [4.78, 5) is 22.0. The van der Waals surface area contributed by atoms with Gasteiger partial charge in [0.05, 0.1) is 0 Å². The average Bonchev–Trinajstić information content (AvgIpc) is 2.38. The van der Waals surface area contributed by atoms with Crippen LogP contribution in [-0.2, 0) is 4.79 Å². The van der Waals surface area contributed by atoms with E-state index in [0.29, 0.717) is 18.4 Å². The van der Waals surface area contributed by atoms with Crippen molar-refractivity contribution in [3.05, 3.63) is 35.9 Å². The topological polar surface area (TPSA) is 66.4 Å². The van der Waals surface area contributed by atoms with Gasteiger partial charge in [0.15, 0.2) is 0 Å². The van der Waals surface area contributed by atoms with Crippen molar-refractivity contribution in [3.63, 3.8) is 0 Å². The summed E-state index contributed by atoms with van der Waals surface area (Å²) >= 11 is 3.08. The van der Waals surface area contributed by atoms with Crippen molar-refractivity contribution in [1.82, 2.24) is 5.32 Å². The molecule has 18 heavy (non-hydrogen) atoms. The average molecular weight is 314 g/mol. The first kappa shape index (κ1) is 14.7. The lowest BCUT2D eigenvalue weighted by molar-refractivity contribution is -0.136. The van der Waals surface area contributed by atoms with Crippen LogP contribution in [0.15, 0.2) is 30.3 Å². The first-order valence-electron chi connectivity index (χ1n) is 5.77. The van der Waals surface area contributed by atoms with Crippen molar-refractivity contribution in [2.45, 2.75) is 30.6 Å². The number of hydrogen-bond acceptors (Lipinski definition) is 2. The smallest absolute Gasteiger partial charge is 0.317 e. The number of carbonyl (C=O) groups excluding carboxylic acids is 1. The zero-order valence-corrected chi connectivity index (χ0v) is 11.7. The summed E-state index contributed by atoms with van der Waals surface area (Å²) in [7, 11) is 0. The molecule has 0 spiro atoms. The molecule has 0 aliphatic rings. The highest BCUT2D eigenvalue weighted by Gasteiger charge is 2.20. The summed E-state index contributed by atoms with van der Waals surface area (Å²) in [6.45, 7) is 1.91. The Labute approximate surface area is 115 Å². The summed E-state index contributed by atoms with van der Waals surface area (Å²) in [5.41, 5.74) is 0.581. The van der Waals surface area contributed by atoms with Crippen LogP contribution < -0.4 is 5.32 Å². The fourth-order valence-electron chi connectivity index (χ4n) is 1.54. The van der Waals surface area contributed by atoms with Crippen LogP contribution in [0.25, 0.3) is 0 Å². The number of carbonyl (C=O) groups is 2. The van der Waals surface area contributed by atoms with Gasteiger partial charge in [0, 0.05) is 11.6 Å². The van der Waals surface area contributed by atoms with Gasteiger partial charge in [-0.3, -0.25) is 9.59 Å². The summed E-state index contributed by atoms with van der Waals surface area (Å²) in [5.74, 6) is -1.09. The van der Waals surface area contributed by atoms with E-state index >= 15 is 0 Å². The molecule has 98 valence electrons. The van der Waals surface area contributed by atoms with Crippen LogP contribution in [-0.4, -0.2) is 27.9 Å². The maximum absolute atomic E-state index is 11.9. The van der Waals surface area contributed by atoms with Crippen LogP contribution >= 0.6 is 15.9 Å². The number of benzene rings is 1. The summed E-state index contributed by atoms with van der Waals surface area (Å²) < 4.78 is 0. The zero-order valence-electron chi connectivity index (χ0n) is 10.1. The molecular weight excluding hydrogens is 298 g/mol. The lowest BCUT2D eigenvalue weighted by Gasteiger charge is -2.18. The van der Waals surface area contributed by atoms with Gasteiger partial charge in [-0.2, -0.15) is 0 Å². The van der Waals surface area contributed by atoms with E-state index in [9.17, 15) is 9.59 Å². The second-order valence-corrected chi connectivity index (χ2v) is 5.09. The monoisotopic (exact) mass is 313 g/mol. The van der Waals surface area contributed by atoms with Crippen molar-refractivity contribution < 1.29 is 14.7 Å². The quantitative estimate of drug-likeness (QED) is 0.793. The Bertz CT molecular complexity index is 408. The van der Waals surface area contributed by atoms with Crippen molar-refractivity contribution in [2.24, 2.45) is 0 Å². The molecule has 0 bridgehead atoms. The number of amides is 1. The Balaban J connectivity index is 2.58. The van der Waals surface area contributed by atoms with E-state index in [-0.39, 0.29) is 11.9 Å². The fourth-order valence-corrected chi connectivity index (χ4v) is 1.99. The van der Waals surface area contributed by atoms with Crippen molar-refractivity contribution >= 4 is 27.8 Å². The van der Waals surface area contributed by atoms with E-state index in [2.05, 4.69) is 21.2 Å². The molecule has 0 fully saturated rings. The Morgan fingerprint density at radius 1 is 1.33 bits per heavy atom. The standard InChI is InChI=1S/C13H16BrNO3/c1-2-10(8-11(14)13(17)18)15-12(16)9-6-4-3-5-7-9/h3-7,10-11H,2,8H2,1H3,(H,15,16)(H,17,18)/t10-,11+/m0/s1. The Morgan fingerprint density at radius 2 is 1.94 bits per heavy atom. The molecule has 2 N–H and O–H groups in total. The molecule has 5 heteroatoms. The van der Waals surface area contributed by atoms with Crippen LogP contribution in [0.2, 0.25) is 0 Å². The number of halogens is 1. The predicted molar refractivity (Wildman–Crippen MR) is 73.0 cm³/mol. The van der Waals surface area contributed by atoms with Gasteiger partial charge in [-0.25, -0.2) is 0 Å². The minimum atomic E-state index is -0.914. The molecule has 1 aromatic rings. The summed E-state index contributed by atoms with van der Waals surface area (Å²) in [5, 5.41) is 11.7. The molecular formula is C13H16BrNO3. The van der Waals surface area contributed by atoms with Crippen LogP contribution in [0.1, 0.15) is 30.1 Å². The third-order valence-corrected chi connectivity index (χ3v) is 3.39. The zero-order chi connectivity index (χ0) is 13.5. The second-order valence-electron chi connectivity index (χ2n) is 3.99. The maximum atomic E-state index is 11.9. The van der Waals surface area contributed by atoms with Gasteiger partial charge in [-0.1, -0.05) is 41.1 Å². The third kappa shape index (κ3) is 4.49. The number of carboxylic acid groups (broad SMARTS) is 1. The number of carboxylic acids is 1. The normalized spacial score (nSPS) is 13.7. The predicted octanol–water partition coefficient (Wildman–Crippen LogP) is 2.43. The number of rotatable bonds is 6. The van der Waals surface area contributed by atoms with Crippen LogP contribution in [0.5, 0.6) is 0 Å². The van der Waals surface area contributed by atoms with E-state index in [4.69, 9.17) is 5.11 Å². The van der Waals surface area contributed by atoms with E-state index in [1.807, 2.05) is 13.0 Å². The Morgan fingerprint density at radius 3 is 2.44 bits per heavy atom. The van der Waals surface area contributed by atoms with Crippen LogP contribution in [0.4, 0.5) is 0 Å². The lowest BCUT2D eigenvalue weighted by atomic mass is 10.1. The molecule has 0 aromatic heterocycles. The highest BCUT2D eigenvalue weighted by Crippen LogP contribution is 2.11. The highest BCUT2D eigenvalue weighted by atomic mass is 79.9. The summed E-state index contributed by atoms with van der Waals surface area (Å²) in [6.07, 6.45) is 1.05.